The predicted octanol–water partition coefficient (Wildman–Crippen LogP) is 3.71. The molecule has 0 atom stereocenters. The molecule has 0 unspecified atom stereocenters. The summed E-state index contributed by atoms with van der Waals surface area (Å²) < 4.78 is 14.4. The van der Waals surface area contributed by atoms with E-state index >= 15 is 0 Å². The molecule has 3 rings (SSSR count). The molecule has 0 spiro atoms. The van der Waals surface area contributed by atoms with Crippen molar-refractivity contribution in [1.82, 2.24) is 15.3 Å². The molecule has 0 bridgehead atoms. The lowest BCUT2D eigenvalue weighted by atomic mass is 10.2. The first-order chi connectivity index (χ1) is 11.1. The molecule has 1 heterocycles. The van der Waals surface area contributed by atoms with Gasteiger partial charge in [0.1, 0.15) is 11.6 Å². The minimum absolute atomic E-state index is 0.134. The van der Waals surface area contributed by atoms with Crippen molar-refractivity contribution in [2.75, 3.05) is 0 Å². The maximum absolute atomic E-state index is 13.6. The number of para-hydroxylation sites is 2. The molecule has 6 heteroatoms. The van der Waals surface area contributed by atoms with E-state index in [4.69, 9.17) is 0 Å². The molecule has 0 radical (unpaired) electrons. The van der Waals surface area contributed by atoms with Crippen LogP contribution in [0.3, 0.4) is 0 Å². The molecule has 118 valence electrons. The van der Waals surface area contributed by atoms with Gasteiger partial charge in [-0.25, -0.2) is 9.37 Å². The van der Waals surface area contributed by atoms with Crippen molar-refractivity contribution in [2.45, 2.75) is 19.4 Å². The summed E-state index contributed by atoms with van der Waals surface area (Å²) in [5.41, 5.74) is 2.30. The van der Waals surface area contributed by atoms with Crippen LogP contribution in [0.25, 0.3) is 11.0 Å². The molecule has 1 amide bonds. The van der Waals surface area contributed by atoms with Gasteiger partial charge in [0.2, 0.25) is 5.91 Å². The van der Waals surface area contributed by atoms with Crippen LogP contribution in [0.5, 0.6) is 0 Å². The fourth-order valence-corrected chi connectivity index (χ4v) is 2.73. The second kappa shape index (κ2) is 6.91. The summed E-state index contributed by atoms with van der Waals surface area (Å²) in [5, 5.41) is 2.73. The quantitative estimate of drug-likeness (QED) is 0.713. The van der Waals surface area contributed by atoms with Crippen molar-refractivity contribution >= 4 is 32.9 Å². The molecule has 1 aromatic heterocycles. The van der Waals surface area contributed by atoms with Gasteiger partial charge in [0.05, 0.1) is 11.0 Å². The van der Waals surface area contributed by atoms with Crippen LogP contribution in [-0.4, -0.2) is 15.9 Å². The summed E-state index contributed by atoms with van der Waals surface area (Å²) in [6.07, 6.45) is 0.816. The standard InChI is InChI=1S/C17H15BrFN3O/c18-12-5-6-13(19)11(9-12)10-20-17(23)8-7-16-21-14-3-1-2-4-15(14)22-16/h1-6,9H,7-8,10H2,(H,20,23)(H,21,22). The lowest BCUT2D eigenvalue weighted by Crippen LogP contribution is -2.23. The Balaban J connectivity index is 1.54. The molecule has 3 aromatic rings. The number of imidazole rings is 1. The van der Waals surface area contributed by atoms with Crippen molar-refractivity contribution < 1.29 is 9.18 Å². The molecule has 0 saturated heterocycles. The highest BCUT2D eigenvalue weighted by Crippen LogP contribution is 2.15. The third-order valence-electron chi connectivity index (χ3n) is 3.51. The van der Waals surface area contributed by atoms with Gasteiger partial charge in [-0.15, -0.1) is 0 Å². The van der Waals surface area contributed by atoms with Crippen molar-refractivity contribution in [1.29, 1.82) is 0 Å². The van der Waals surface area contributed by atoms with E-state index in [0.717, 1.165) is 21.3 Å². The highest BCUT2D eigenvalue weighted by molar-refractivity contribution is 9.10. The molecule has 4 nitrogen and oxygen atoms in total. The molecule has 0 fully saturated rings. The summed E-state index contributed by atoms with van der Waals surface area (Å²) >= 11 is 3.29. The van der Waals surface area contributed by atoms with Crippen LogP contribution in [0.15, 0.2) is 46.9 Å². The minimum Gasteiger partial charge on any atom is -0.352 e. The van der Waals surface area contributed by atoms with Gasteiger partial charge in [-0.3, -0.25) is 4.79 Å². The number of rotatable bonds is 5. The third-order valence-corrected chi connectivity index (χ3v) is 4.00. The molecule has 23 heavy (non-hydrogen) atoms. The zero-order valence-electron chi connectivity index (χ0n) is 12.3. The summed E-state index contributed by atoms with van der Waals surface area (Å²) in [5.74, 6) is 0.311. The van der Waals surface area contributed by atoms with Crippen molar-refractivity contribution in [3.8, 4) is 0 Å². The molecule has 0 saturated carbocycles. The van der Waals surface area contributed by atoms with Gasteiger partial charge in [0, 0.05) is 29.4 Å². The fraction of sp³-hybridized carbons (Fsp3) is 0.176. The number of aromatic amines is 1. The number of aromatic nitrogens is 2. The third kappa shape index (κ3) is 3.96. The minimum atomic E-state index is -0.328. The Labute approximate surface area is 141 Å². The van der Waals surface area contributed by atoms with Gasteiger partial charge in [-0.1, -0.05) is 28.1 Å². The van der Waals surface area contributed by atoms with Crippen LogP contribution in [-0.2, 0) is 17.8 Å². The molecule has 0 aliphatic rings. The highest BCUT2D eigenvalue weighted by atomic mass is 79.9. The monoisotopic (exact) mass is 375 g/mol. The number of fused-ring (bicyclic) bond motifs is 1. The summed E-state index contributed by atoms with van der Waals surface area (Å²) in [7, 11) is 0. The number of benzene rings is 2. The Kier molecular flexibility index (Phi) is 4.71. The number of hydrogen-bond donors (Lipinski definition) is 2. The van der Waals surface area contributed by atoms with Crippen LogP contribution < -0.4 is 5.32 Å². The zero-order valence-corrected chi connectivity index (χ0v) is 13.9. The number of nitrogens with one attached hydrogen (secondary N) is 2. The summed E-state index contributed by atoms with van der Waals surface area (Å²) in [6, 6.07) is 12.4. The van der Waals surface area contributed by atoms with Gasteiger partial charge >= 0.3 is 0 Å². The van der Waals surface area contributed by atoms with E-state index in [-0.39, 0.29) is 18.3 Å². The van der Waals surface area contributed by atoms with Crippen LogP contribution in [0.4, 0.5) is 4.39 Å². The number of aryl methyl sites for hydroxylation is 1. The van der Waals surface area contributed by atoms with Crippen molar-refractivity contribution in [2.24, 2.45) is 0 Å². The van der Waals surface area contributed by atoms with E-state index in [9.17, 15) is 9.18 Å². The number of carbonyl (C=O) groups is 1. The average molecular weight is 376 g/mol. The molecule has 2 N–H and O–H groups in total. The van der Waals surface area contributed by atoms with Gasteiger partial charge in [-0.05, 0) is 30.3 Å². The van der Waals surface area contributed by atoms with E-state index in [0.29, 0.717) is 18.4 Å². The molecule has 0 aliphatic heterocycles. The van der Waals surface area contributed by atoms with Gasteiger partial charge in [0.25, 0.3) is 0 Å². The summed E-state index contributed by atoms with van der Waals surface area (Å²) in [6.45, 7) is 0.171. The van der Waals surface area contributed by atoms with E-state index in [1.807, 2.05) is 24.3 Å². The lowest BCUT2D eigenvalue weighted by Gasteiger charge is -2.06. The Morgan fingerprint density at radius 1 is 1.26 bits per heavy atom. The first kappa shape index (κ1) is 15.7. The predicted molar refractivity (Wildman–Crippen MR) is 90.4 cm³/mol. The maximum Gasteiger partial charge on any atom is 0.220 e. The Hall–Kier alpha value is -2.21. The van der Waals surface area contributed by atoms with E-state index in [2.05, 4.69) is 31.2 Å². The topological polar surface area (TPSA) is 57.8 Å². The van der Waals surface area contributed by atoms with Crippen LogP contribution in [0.2, 0.25) is 0 Å². The Bertz CT molecular complexity index is 814. The highest BCUT2D eigenvalue weighted by Gasteiger charge is 2.08. The van der Waals surface area contributed by atoms with Crippen molar-refractivity contribution in [3.63, 3.8) is 0 Å². The zero-order chi connectivity index (χ0) is 16.2. The van der Waals surface area contributed by atoms with Crippen LogP contribution >= 0.6 is 15.9 Å². The van der Waals surface area contributed by atoms with Gasteiger partial charge in [0.15, 0.2) is 0 Å². The number of nitrogens with zero attached hydrogens (tertiary/aromatic N) is 1. The Morgan fingerprint density at radius 2 is 2.09 bits per heavy atom. The SMILES string of the molecule is O=C(CCc1nc2ccccc2[nH]1)NCc1cc(Br)ccc1F. The number of halogens is 2. The normalized spacial score (nSPS) is 10.9. The molecular weight excluding hydrogens is 361 g/mol. The number of hydrogen-bond acceptors (Lipinski definition) is 2. The molecule has 2 aromatic carbocycles. The maximum atomic E-state index is 13.6. The van der Waals surface area contributed by atoms with Gasteiger partial charge < -0.3 is 10.3 Å². The second-order valence-electron chi connectivity index (χ2n) is 5.21. The first-order valence-corrected chi connectivity index (χ1v) is 8.05. The number of carbonyl (C=O) groups excluding carboxylic acids is 1. The van der Waals surface area contributed by atoms with Crippen molar-refractivity contribution in [3.05, 3.63) is 64.1 Å². The first-order valence-electron chi connectivity index (χ1n) is 7.26. The fourth-order valence-electron chi connectivity index (χ4n) is 2.32. The average Bonchev–Trinajstić information content (AvgIpc) is 2.96. The number of amides is 1. The van der Waals surface area contributed by atoms with Gasteiger partial charge in [-0.2, -0.15) is 0 Å². The largest absolute Gasteiger partial charge is 0.352 e. The van der Waals surface area contributed by atoms with E-state index in [1.165, 1.54) is 6.07 Å². The second-order valence-corrected chi connectivity index (χ2v) is 6.13. The molecular formula is C17H15BrFN3O. The lowest BCUT2D eigenvalue weighted by molar-refractivity contribution is -0.121. The van der Waals surface area contributed by atoms with Crippen LogP contribution in [0.1, 0.15) is 17.8 Å². The van der Waals surface area contributed by atoms with E-state index in [1.54, 1.807) is 12.1 Å². The number of H-pyrrole nitrogens is 1. The Morgan fingerprint density at radius 3 is 2.91 bits per heavy atom. The summed E-state index contributed by atoms with van der Waals surface area (Å²) in [4.78, 5) is 19.5. The smallest absolute Gasteiger partial charge is 0.220 e. The molecule has 0 aliphatic carbocycles. The van der Waals surface area contributed by atoms with E-state index < -0.39 is 0 Å². The van der Waals surface area contributed by atoms with Crippen LogP contribution in [0, 0.1) is 5.82 Å².